The molecular formula is C12H13FN4O2. The molecule has 2 rings (SSSR count). The van der Waals surface area contributed by atoms with Crippen LogP contribution in [0.25, 0.3) is 0 Å². The summed E-state index contributed by atoms with van der Waals surface area (Å²) < 4.78 is 18.1. The Morgan fingerprint density at radius 2 is 2.16 bits per heavy atom. The molecule has 100 valence electrons. The van der Waals surface area contributed by atoms with Gasteiger partial charge in [0.15, 0.2) is 0 Å². The van der Waals surface area contributed by atoms with E-state index in [0.717, 1.165) is 0 Å². The van der Waals surface area contributed by atoms with Crippen molar-refractivity contribution in [2.45, 2.75) is 0 Å². The molecule has 0 aliphatic carbocycles. The number of rotatable bonds is 5. The van der Waals surface area contributed by atoms with Crippen LogP contribution in [-0.4, -0.2) is 46.2 Å². The number of H-pyrrole nitrogens is 1. The van der Waals surface area contributed by atoms with Gasteiger partial charge in [-0.25, -0.2) is 9.37 Å². The van der Waals surface area contributed by atoms with Gasteiger partial charge < -0.3 is 9.64 Å². The molecule has 0 radical (unpaired) electrons. The van der Waals surface area contributed by atoms with Crippen LogP contribution >= 0.6 is 0 Å². The van der Waals surface area contributed by atoms with Crippen molar-refractivity contribution in [3.63, 3.8) is 0 Å². The zero-order valence-electron chi connectivity index (χ0n) is 10.3. The number of ether oxygens (including phenoxy) is 1. The molecule has 0 atom stereocenters. The number of hydrogen-bond donors (Lipinski definition) is 1. The van der Waals surface area contributed by atoms with Crippen LogP contribution in [0.3, 0.4) is 0 Å². The third-order valence-electron chi connectivity index (χ3n) is 2.47. The second-order valence-electron chi connectivity index (χ2n) is 3.86. The van der Waals surface area contributed by atoms with Crippen LogP contribution in [-0.2, 0) is 0 Å². The third-order valence-corrected chi connectivity index (χ3v) is 2.47. The number of carbonyl (C=O) groups excluding carboxylic acids is 1. The van der Waals surface area contributed by atoms with Crippen LogP contribution in [0.4, 0.5) is 4.39 Å². The number of nitrogens with one attached hydrogen (secondary N) is 1. The molecule has 1 aromatic heterocycles. The topological polar surface area (TPSA) is 71.1 Å². The largest absolute Gasteiger partial charge is 0.492 e. The minimum Gasteiger partial charge on any atom is -0.492 e. The highest BCUT2D eigenvalue weighted by Crippen LogP contribution is 2.10. The summed E-state index contributed by atoms with van der Waals surface area (Å²) in [5.74, 6) is 0.163. The van der Waals surface area contributed by atoms with E-state index in [9.17, 15) is 9.18 Å². The van der Waals surface area contributed by atoms with Crippen molar-refractivity contribution in [3.8, 4) is 5.75 Å². The summed E-state index contributed by atoms with van der Waals surface area (Å²) in [6.07, 6.45) is 1.27. The normalized spacial score (nSPS) is 10.2. The second-order valence-corrected chi connectivity index (χ2v) is 3.86. The van der Waals surface area contributed by atoms with Crippen molar-refractivity contribution < 1.29 is 13.9 Å². The molecule has 2 aromatic rings. The standard InChI is InChI=1S/C12H13FN4O2/c1-17(12(18)11-14-8-15-16-11)6-7-19-10-4-2-9(13)3-5-10/h2-5,8H,6-7H2,1H3,(H,14,15,16). The van der Waals surface area contributed by atoms with E-state index in [1.165, 1.54) is 35.5 Å². The molecule has 0 aliphatic rings. The Morgan fingerprint density at radius 1 is 1.42 bits per heavy atom. The van der Waals surface area contributed by atoms with E-state index in [4.69, 9.17) is 4.74 Å². The average Bonchev–Trinajstić information content (AvgIpc) is 2.94. The van der Waals surface area contributed by atoms with Crippen molar-refractivity contribution in [2.75, 3.05) is 20.2 Å². The summed E-state index contributed by atoms with van der Waals surface area (Å²) in [5, 5.41) is 6.11. The molecule has 1 N–H and O–H groups in total. The molecule has 0 saturated carbocycles. The highest BCUT2D eigenvalue weighted by atomic mass is 19.1. The van der Waals surface area contributed by atoms with Crippen molar-refractivity contribution in [1.82, 2.24) is 20.1 Å². The summed E-state index contributed by atoms with van der Waals surface area (Å²) in [6.45, 7) is 0.693. The van der Waals surface area contributed by atoms with Gasteiger partial charge in [0, 0.05) is 7.05 Å². The Kier molecular flexibility index (Phi) is 4.07. The third kappa shape index (κ3) is 3.51. The molecule has 1 aromatic carbocycles. The maximum atomic E-state index is 12.7. The smallest absolute Gasteiger partial charge is 0.291 e. The second kappa shape index (κ2) is 5.94. The van der Waals surface area contributed by atoms with Crippen LogP contribution < -0.4 is 4.74 Å². The van der Waals surface area contributed by atoms with Crippen LogP contribution in [0.5, 0.6) is 5.75 Å². The molecule has 19 heavy (non-hydrogen) atoms. The van der Waals surface area contributed by atoms with Gasteiger partial charge in [0.2, 0.25) is 5.82 Å². The monoisotopic (exact) mass is 264 g/mol. The van der Waals surface area contributed by atoms with Gasteiger partial charge in [-0.15, -0.1) is 0 Å². The number of halogens is 1. The minimum absolute atomic E-state index is 0.185. The number of hydrogen-bond acceptors (Lipinski definition) is 4. The Hall–Kier alpha value is -2.44. The number of likely N-dealkylation sites (N-methyl/N-ethyl adjacent to an activating group) is 1. The highest BCUT2D eigenvalue weighted by Gasteiger charge is 2.13. The predicted molar refractivity (Wildman–Crippen MR) is 65.2 cm³/mol. The molecule has 0 aliphatic heterocycles. The summed E-state index contributed by atoms with van der Waals surface area (Å²) in [7, 11) is 1.64. The average molecular weight is 264 g/mol. The number of nitrogens with zero attached hydrogens (tertiary/aromatic N) is 3. The summed E-state index contributed by atoms with van der Waals surface area (Å²) >= 11 is 0. The van der Waals surface area contributed by atoms with Gasteiger partial charge in [0.25, 0.3) is 5.91 Å². The maximum absolute atomic E-state index is 12.7. The number of benzene rings is 1. The molecule has 0 spiro atoms. The minimum atomic E-state index is -0.315. The van der Waals surface area contributed by atoms with E-state index in [1.807, 2.05) is 0 Å². The van der Waals surface area contributed by atoms with Crippen LogP contribution in [0.2, 0.25) is 0 Å². The molecule has 6 nitrogen and oxygen atoms in total. The van der Waals surface area contributed by atoms with Gasteiger partial charge in [-0.3, -0.25) is 9.89 Å². The number of aromatic amines is 1. The van der Waals surface area contributed by atoms with Gasteiger partial charge in [-0.05, 0) is 24.3 Å². The molecule has 0 fully saturated rings. The number of carbonyl (C=O) groups is 1. The van der Waals surface area contributed by atoms with Gasteiger partial charge in [-0.2, -0.15) is 5.10 Å². The van der Waals surface area contributed by atoms with Gasteiger partial charge >= 0.3 is 0 Å². The fourth-order valence-electron chi connectivity index (χ4n) is 1.42. The van der Waals surface area contributed by atoms with Crippen molar-refractivity contribution in [3.05, 3.63) is 42.2 Å². The van der Waals surface area contributed by atoms with E-state index in [1.54, 1.807) is 7.05 Å². The van der Waals surface area contributed by atoms with Gasteiger partial charge in [0.1, 0.15) is 24.5 Å². The van der Waals surface area contributed by atoms with Crippen molar-refractivity contribution in [1.29, 1.82) is 0 Å². The number of aromatic nitrogens is 3. The first kappa shape index (κ1) is 13.0. The molecule has 0 saturated heterocycles. The van der Waals surface area contributed by atoms with E-state index >= 15 is 0 Å². The van der Waals surface area contributed by atoms with Crippen LogP contribution in [0.15, 0.2) is 30.6 Å². The van der Waals surface area contributed by atoms with Crippen molar-refractivity contribution in [2.24, 2.45) is 0 Å². The van der Waals surface area contributed by atoms with Gasteiger partial charge in [-0.1, -0.05) is 0 Å². The fourth-order valence-corrected chi connectivity index (χ4v) is 1.42. The molecule has 1 heterocycles. The Bertz CT molecular complexity index is 527. The zero-order chi connectivity index (χ0) is 13.7. The Labute approximate surface area is 109 Å². The summed E-state index contributed by atoms with van der Waals surface area (Å²) in [5.41, 5.74) is 0. The summed E-state index contributed by atoms with van der Waals surface area (Å²) in [4.78, 5) is 17.0. The van der Waals surface area contributed by atoms with Gasteiger partial charge in [0.05, 0.1) is 6.54 Å². The van der Waals surface area contributed by atoms with E-state index in [-0.39, 0.29) is 17.5 Å². The quantitative estimate of drug-likeness (QED) is 0.877. The predicted octanol–water partition coefficient (Wildman–Crippen LogP) is 1.09. The van der Waals surface area contributed by atoms with E-state index in [0.29, 0.717) is 18.9 Å². The first-order chi connectivity index (χ1) is 9.16. The number of amides is 1. The molecular weight excluding hydrogens is 251 g/mol. The van der Waals surface area contributed by atoms with Crippen LogP contribution in [0.1, 0.15) is 10.6 Å². The lowest BCUT2D eigenvalue weighted by Crippen LogP contribution is -2.31. The molecule has 7 heteroatoms. The van der Waals surface area contributed by atoms with E-state index < -0.39 is 0 Å². The van der Waals surface area contributed by atoms with E-state index in [2.05, 4.69) is 15.2 Å². The first-order valence-corrected chi connectivity index (χ1v) is 5.66. The Balaban J connectivity index is 1.79. The maximum Gasteiger partial charge on any atom is 0.291 e. The SMILES string of the molecule is CN(CCOc1ccc(F)cc1)C(=O)c1ncn[nH]1. The highest BCUT2D eigenvalue weighted by molar-refractivity contribution is 5.90. The van der Waals surface area contributed by atoms with Crippen LogP contribution in [0, 0.1) is 5.82 Å². The lowest BCUT2D eigenvalue weighted by molar-refractivity contribution is 0.0762. The zero-order valence-corrected chi connectivity index (χ0v) is 10.3. The molecule has 1 amide bonds. The summed E-state index contributed by atoms with van der Waals surface area (Å²) in [6, 6.07) is 5.71. The molecule has 0 bridgehead atoms. The lowest BCUT2D eigenvalue weighted by Gasteiger charge is -2.15. The molecule has 0 unspecified atom stereocenters. The Morgan fingerprint density at radius 3 is 2.79 bits per heavy atom. The lowest BCUT2D eigenvalue weighted by atomic mass is 10.3. The first-order valence-electron chi connectivity index (χ1n) is 5.66. The fraction of sp³-hybridized carbons (Fsp3) is 0.250. The van der Waals surface area contributed by atoms with Crippen molar-refractivity contribution >= 4 is 5.91 Å².